The van der Waals surface area contributed by atoms with Gasteiger partial charge in [0.1, 0.15) is 11.8 Å². The monoisotopic (exact) mass is 273 g/mol. The molecule has 1 fully saturated rings. The van der Waals surface area contributed by atoms with Crippen molar-refractivity contribution < 1.29 is 9.34 Å². The Morgan fingerprint density at radius 3 is 3.00 bits per heavy atom. The van der Waals surface area contributed by atoms with Crippen LogP contribution in [0.2, 0.25) is 0 Å². The van der Waals surface area contributed by atoms with Crippen LogP contribution in [0, 0.1) is 17.0 Å². The summed E-state index contributed by atoms with van der Waals surface area (Å²) in [6.07, 6.45) is 3.96. The quantitative estimate of drug-likeness (QED) is 0.669. The van der Waals surface area contributed by atoms with E-state index >= 15 is 0 Å². The van der Waals surface area contributed by atoms with Gasteiger partial charge >= 0.3 is 0 Å². The summed E-state index contributed by atoms with van der Waals surface area (Å²) in [5, 5.41) is 14.5. The van der Waals surface area contributed by atoms with E-state index in [2.05, 4.69) is 10.3 Å². The lowest BCUT2D eigenvalue weighted by molar-refractivity contribution is -0.384. The molecule has 6 nitrogen and oxygen atoms in total. The van der Waals surface area contributed by atoms with E-state index < -0.39 is 4.92 Å². The van der Waals surface area contributed by atoms with Crippen molar-refractivity contribution in [2.75, 3.05) is 0 Å². The molecule has 1 aliphatic rings. The molecule has 0 radical (unpaired) electrons. The number of hydrogen-bond donors (Lipinski definition) is 1. The largest absolute Gasteiger partial charge is 0.444 e. The highest BCUT2D eigenvalue weighted by Gasteiger charge is 2.23. The van der Waals surface area contributed by atoms with Crippen LogP contribution >= 0.6 is 0 Å². The number of nitro benzene ring substituents is 1. The molecule has 0 aliphatic heterocycles. The lowest BCUT2D eigenvalue weighted by Crippen LogP contribution is -2.15. The zero-order chi connectivity index (χ0) is 14.1. The third-order valence-corrected chi connectivity index (χ3v) is 3.35. The van der Waals surface area contributed by atoms with Crippen LogP contribution in [0.15, 0.2) is 28.9 Å². The number of nitrogens with zero attached hydrogens (tertiary/aromatic N) is 2. The smallest absolute Gasteiger partial charge is 0.284 e. The molecular weight excluding hydrogens is 258 g/mol. The second-order valence-electron chi connectivity index (χ2n) is 5.03. The number of para-hydroxylation sites is 1. The normalized spacial score (nSPS) is 14.4. The molecular formula is C14H15N3O3. The van der Waals surface area contributed by atoms with Crippen LogP contribution in [0.4, 0.5) is 5.69 Å². The molecule has 1 N–H and O–H groups in total. The molecule has 0 bridgehead atoms. The minimum Gasteiger partial charge on any atom is -0.444 e. The highest BCUT2D eigenvalue weighted by atomic mass is 16.6. The zero-order valence-electron chi connectivity index (χ0n) is 11.1. The Bertz CT molecular complexity index is 647. The van der Waals surface area contributed by atoms with Gasteiger partial charge in [-0.1, -0.05) is 12.1 Å². The van der Waals surface area contributed by atoms with Crippen LogP contribution in [-0.2, 0) is 6.54 Å². The third kappa shape index (κ3) is 2.55. The Kier molecular flexibility index (Phi) is 3.23. The highest BCUT2D eigenvalue weighted by molar-refractivity contribution is 5.69. The molecule has 1 aromatic carbocycles. The predicted molar refractivity (Wildman–Crippen MR) is 73.2 cm³/mol. The van der Waals surface area contributed by atoms with Gasteiger partial charge < -0.3 is 9.73 Å². The summed E-state index contributed by atoms with van der Waals surface area (Å²) in [5.74, 6) is 0.299. The lowest BCUT2D eigenvalue weighted by atomic mass is 10.1. The van der Waals surface area contributed by atoms with E-state index in [9.17, 15) is 10.1 Å². The Morgan fingerprint density at radius 1 is 1.50 bits per heavy atom. The van der Waals surface area contributed by atoms with Crippen molar-refractivity contribution in [3.8, 4) is 11.5 Å². The molecule has 20 heavy (non-hydrogen) atoms. The number of hydrogen-bond acceptors (Lipinski definition) is 5. The van der Waals surface area contributed by atoms with E-state index in [0.717, 1.165) is 5.69 Å². The van der Waals surface area contributed by atoms with Gasteiger partial charge in [0.25, 0.3) is 5.69 Å². The first-order chi connectivity index (χ1) is 9.65. The minimum absolute atomic E-state index is 0.0519. The molecule has 1 heterocycles. The number of rotatable bonds is 5. The first kappa shape index (κ1) is 12.8. The summed E-state index contributed by atoms with van der Waals surface area (Å²) in [7, 11) is 0. The van der Waals surface area contributed by atoms with Crippen molar-refractivity contribution in [1.29, 1.82) is 0 Å². The summed E-state index contributed by atoms with van der Waals surface area (Å²) in [6, 6.07) is 5.72. The second-order valence-corrected chi connectivity index (χ2v) is 5.03. The lowest BCUT2D eigenvalue weighted by Gasteiger charge is -2.01. The number of aryl methyl sites for hydroxylation is 1. The SMILES string of the molecule is Cc1cccc(-c2nc(CNC3CC3)co2)c1[N+](=O)[O-]. The van der Waals surface area contributed by atoms with Gasteiger partial charge in [0, 0.05) is 18.2 Å². The molecule has 0 spiro atoms. The number of aromatic nitrogens is 1. The summed E-state index contributed by atoms with van der Waals surface area (Å²) in [6.45, 7) is 2.34. The van der Waals surface area contributed by atoms with Crippen molar-refractivity contribution in [3.05, 3.63) is 45.8 Å². The Labute approximate surface area is 116 Å². The number of oxazole rings is 1. The average Bonchev–Trinajstić information content (AvgIpc) is 3.13. The van der Waals surface area contributed by atoms with Crippen LogP contribution in [0.5, 0.6) is 0 Å². The maximum Gasteiger partial charge on any atom is 0.284 e. The molecule has 3 rings (SSSR count). The van der Waals surface area contributed by atoms with Gasteiger partial charge in [0.15, 0.2) is 0 Å². The molecule has 0 unspecified atom stereocenters. The van der Waals surface area contributed by atoms with Gasteiger partial charge in [0.05, 0.1) is 10.6 Å². The van der Waals surface area contributed by atoms with Crippen molar-refractivity contribution in [1.82, 2.24) is 10.3 Å². The van der Waals surface area contributed by atoms with Crippen LogP contribution in [0.25, 0.3) is 11.5 Å². The van der Waals surface area contributed by atoms with Gasteiger partial charge in [-0.25, -0.2) is 4.98 Å². The van der Waals surface area contributed by atoms with Crippen LogP contribution < -0.4 is 5.32 Å². The van der Waals surface area contributed by atoms with Crippen LogP contribution in [0.1, 0.15) is 24.1 Å². The summed E-state index contributed by atoms with van der Waals surface area (Å²) in [5.41, 5.74) is 1.84. The molecule has 104 valence electrons. The topological polar surface area (TPSA) is 81.2 Å². The fourth-order valence-electron chi connectivity index (χ4n) is 2.12. The summed E-state index contributed by atoms with van der Waals surface area (Å²) in [4.78, 5) is 15.1. The van der Waals surface area contributed by atoms with E-state index in [4.69, 9.17) is 4.42 Å². The maximum atomic E-state index is 11.2. The van der Waals surface area contributed by atoms with Crippen molar-refractivity contribution in [2.45, 2.75) is 32.4 Å². The fourth-order valence-corrected chi connectivity index (χ4v) is 2.12. The zero-order valence-corrected chi connectivity index (χ0v) is 11.1. The molecule has 1 aromatic heterocycles. The summed E-state index contributed by atoms with van der Waals surface area (Å²) >= 11 is 0. The molecule has 2 aromatic rings. The maximum absolute atomic E-state index is 11.2. The Morgan fingerprint density at radius 2 is 2.30 bits per heavy atom. The van der Waals surface area contributed by atoms with E-state index in [1.165, 1.54) is 12.8 Å². The molecule has 0 atom stereocenters. The van der Waals surface area contributed by atoms with E-state index in [1.807, 2.05) is 0 Å². The predicted octanol–water partition coefficient (Wildman–Crippen LogP) is 2.81. The van der Waals surface area contributed by atoms with E-state index in [-0.39, 0.29) is 5.69 Å². The van der Waals surface area contributed by atoms with Crippen molar-refractivity contribution >= 4 is 5.69 Å². The number of benzene rings is 1. The van der Waals surface area contributed by atoms with E-state index in [1.54, 1.807) is 31.4 Å². The molecule has 0 saturated heterocycles. The standard InChI is InChI=1S/C14H15N3O3/c1-9-3-2-4-12(13(9)17(18)19)14-16-11(8-20-14)7-15-10-5-6-10/h2-4,8,10,15H,5-7H2,1H3. The second kappa shape index (κ2) is 5.05. The molecule has 1 aliphatic carbocycles. The number of nitrogens with one attached hydrogen (secondary N) is 1. The Hall–Kier alpha value is -2.21. The molecule has 6 heteroatoms. The average molecular weight is 273 g/mol. The highest BCUT2D eigenvalue weighted by Crippen LogP contribution is 2.32. The molecule has 1 saturated carbocycles. The third-order valence-electron chi connectivity index (χ3n) is 3.35. The Balaban J connectivity index is 1.88. The van der Waals surface area contributed by atoms with Crippen LogP contribution in [-0.4, -0.2) is 15.9 Å². The first-order valence-corrected chi connectivity index (χ1v) is 6.57. The van der Waals surface area contributed by atoms with Gasteiger partial charge in [-0.15, -0.1) is 0 Å². The molecule has 0 amide bonds. The fraction of sp³-hybridized carbons (Fsp3) is 0.357. The van der Waals surface area contributed by atoms with Crippen molar-refractivity contribution in [3.63, 3.8) is 0 Å². The van der Waals surface area contributed by atoms with Crippen molar-refractivity contribution in [2.24, 2.45) is 0 Å². The summed E-state index contributed by atoms with van der Waals surface area (Å²) < 4.78 is 5.39. The van der Waals surface area contributed by atoms with Gasteiger partial charge in [-0.2, -0.15) is 0 Å². The number of nitro groups is 1. The van der Waals surface area contributed by atoms with Crippen LogP contribution in [0.3, 0.4) is 0 Å². The minimum atomic E-state index is -0.392. The van der Waals surface area contributed by atoms with Gasteiger partial charge in [0.2, 0.25) is 5.89 Å². The van der Waals surface area contributed by atoms with Gasteiger partial charge in [-0.3, -0.25) is 10.1 Å². The van der Waals surface area contributed by atoms with E-state index in [0.29, 0.717) is 29.6 Å². The first-order valence-electron chi connectivity index (χ1n) is 6.57. The van der Waals surface area contributed by atoms with Gasteiger partial charge in [-0.05, 0) is 25.8 Å².